The molecule has 1 saturated carbocycles. The lowest BCUT2D eigenvalue weighted by Crippen LogP contribution is -2.27. The summed E-state index contributed by atoms with van der Waals surface area (Å²) in [6, 6.07) is 22.6. The SMILES string of the molecule is O=C(CSc1nnc(-c2c[nH]c3ccccc23)n1-c1ccc(Cl)cc1)Nc1ccccc1C(=O)NC1CC1. The first-order valence-electron chi connectivity index (χ1n) is 12.2. The van der Waals surface area contributed by atoms with E-state index >= 15 is 0 Å². The molecule has 6 rings (SSSR count). The third kappa shape index (κ3) is 5.03. The number of nitrogens with zero attached hydrogens (tertiary/aromatic N) is 3. The number of aromatic nitrogens is 4. The highest BCUT2D eigenvalue weighted by Crippen LogP contribution is 2.33. The third-order valence-corrected chi connectivity index (χ3v) is 7.42. The number of anilines is 1. The Morgan fingerprint density at radius 2 is 1.76 bits per heavy atom. The molecule has 190 valence electrons. The third-order valence-electron chi connectivity index (χ3n) is 6.24. The fourth-order valence-electron chi connectivity index (χ4n) is 4.21. The predicted molar refractivity (Wildman–Crippen MR) is 150 cm³/mol. The van der Waals surface area contributed by atoms with Crippen LogP contribution in [0.2, 0.25) is 5.02 Å². The Kier molecular flexibility index (Phi) is 6.61. The van der Waals surface area contributed by atoms with Gasteiger partial charge in [-0.25, -0.2) is 0 Å². The average molecular weight is 543 g/mol. The van der Waals surface area contributed by atoms with Crippen LogP contribution in [0.5, 0.6) is 0 Å². The van der Waals surface area contributed by atoms with Crippen LogP contribution < -0.4 is 10.6 Å². The molecule has 0 unspecified atom stereocenters. The maximum atomic E-state index is 13.0. The first-order chi connectivity index (χ1) is 18.6. The normalized spacial score (nSPS) is 13.0. The van der Waals surface area contributed by atoms with Gasteiger partial charge in [-0.15, -0.1) is 10.2 Å². The van der Waals surface area contributed by atoms with Crippen molar-refractivity contribution in [1.82, 2.24) is 25.1 Å². The van der Waals surface area contributed by atoms with Crippen molar-refractivity contribution in [3.05, 3.63) is 89.6 Å². The molecule has 2 heterocycles. The van der Waals surface area contributed by atoms with Crippen molar-refractivity contribution in [2.45, 2.75) is 24.0 Å². The average Bonchev–Trinajstić information content (AvgIpc) is 3.48. The molecule has 0 atom stereocenters. The summed E-state index contributed by atoms with van der Waals surface area (Å²) in [7, 11) is 0. The van der Waals surface area contributed by atoms with Crippen molar-refractivity contribution in [1.29, 1.82) is 0 Å². The fourth-order valence-corrected chi connectivity index (χ4v) is 5.09. The van der Waals surface area contributed by atoms with Crippen molar-refractivity contribution in [2.24, 2.45) is 0 Å². The Morgan fingerprint density at radius 1 is 1.00 bits per heavy atom. The molecule has 5 aromatic rings. The summed E-state index contributed by atoms with van der Waals surface area (Å²) in [4.78, 5) is 28.8. The van der Waals surface area contributed by atoms with Gasteiger partial charge in [0, 0.05) is 39.4 Å². The maximum absolute atomic E-state index is 13.0. The molecule has 10 heteroatoms. The van der Waals surface area contributed by atoms with Gasteiger partial charge in [0.15, 0.2) is 11.0 Å². The fraction of sp³-hybridized carbons (Fsp3) is 0.143. The molecule has 0 bridgehead atoms. The first-order valence-corrected chi connectivity index (χ1v) is 13.5. The highest BCUT2D eigenvalue weighted by Gasteiger charge is 2.25. The van der Waals surface area contributed by atoms with Gasteiger partial charge in [0.2, 0.25) is 5.91 Å². The molecular weight excluding hydrogens is 520 g/mol. The van der Waals surface area contributed by atoms with E-state index in [-0.39, 0.29) is 23.6 Å². The summed E-state index contributed by atoms with van der Waals surface area (Å²) in [5, 5.41) is 17.0. The predicted octanol–water partition coefficient (Wildman–Crippen LogP) is 5.69. The minimum Gasteiger partial charge on any atom is -0.360 e. The van der Waals surface area contributed by atoms with Gasteiger partial charge in [0.1, 0.15) is 0 Å². The summed E-state index contributed by atoms with van der Waals surface area (Å²) in [6.07, 6.45) is 3.89. The van der Waals surface area contributed by atoms with Crippen LogP contribution in [0, 0.1) is 0 Å². The molecule has 0 saturated heterocycles. The number of benzene rings is 3. The van der Waals surface area contributed by atoms with E-state index in [1.54, 1.807) is 36.4 Å². The van der Waals surface area contributed by atoms with Crippen LogP contribution in [-0.2, 0) is 4.79 Å². The number of carbonyl (C=O) groups excluding carboxylic acids is 2. The van der Waals surface area contributed by atoms with Crippen molar-refractivity contribution >= 4 is 51.8 Å². The van der Waals surface area contributed by atoms with E-state index in [0.29, 0.717) is 27.3 Å². The van der Waals surface area contributed by atoms with Crippen molar-refractivity contribution in [3.63, 3.8) is 0 Å². The van der Waals surface area contributed by atoms with E-state index in [4.69, 9.17) is 11.6 Å². The van der Waals surface area contributed by atoms with Gasteiger partial charge in [-0.1, -0.05) is 53.7 Å². The lowest BCUT2D eigenvalue weighted by Gasteiger charge is -2.12. The van der Waals surface area contributed by atoms with Crippen LogP contribution in [0.1, 0.15) is 23.2 Å². The van der Waals surface area contributed by atoms with E-state index in [9.17, 15) is 9.59 Å². The molecule has 3 N–H and O–H groups in total. The molecule has 3 aromatic carbocycles. The summed E-state index contributed by atoms with van der Waals surface area (Å²) in [6.45, 7) is 0. The number of carbonyl (C=O) groups is 2. The maximum Gasteiger partial charge on any atom is 0.253 e. The van der Waals surface area contributed by atoms with Crippen LogP contribution in [0.25, 0.3) is 28.0 Å². The number of para-hydroxylation sites is 2. The first kappa shape index (κ1) is 24.3. The number of rotatable bonds is 8. The summed E-state index contributed by atoms with van der Waals surface area (Å²) >= 11 is 7.41. The lowest BCUT2D eigenvalue weighted by atomic mass is 10.1. The summed E-state index contributed by atoms with van der Waals surface area (Å²) in [5.74, 6) is 0.302. The molecule has 8 nitrogen and oxygen atoms in total. The van der Waals surface area contributed by atoms with E-state index in [2.05, 4.69) is 25.8 Å². The van der Waals surface area contributed by atoms with Crippen molar-refractivity contribution in [3.8, 4) is 17.1 Å². The van der Waals surface area contributed by atoms with Gasteiger partial charge in [-0.3, -0.25) is 14.2 Å². The number of H-pyrrole nitrogens is 1. The second kappa shape index (κ2) is 10.4. The van der Waals surface area contributed by atoms with Crippen molar-refractivity contribution in [2.75, 3.05) is 11.1 Å². The largest absolute Gasteiger partial charge is 0.360 e. The van der Waals surface area contributed by atoms with Gasteiger partial charge < -0.3 is 15.6 Å². The number of amides is 2. The highest BCUT2D eigenvalue weighted by atomic mass is 35.5. The minimum absolute atomic E-state index is 0.0815. The molecule has 1 aliphatic rings. The van der Waals surface area contributed by atoms with Crippen LogP contribution in [0.4, 0.5) is 5.69 Å². The van der Waals surface area contributed by atoms with Crippen LogP contribution >= 0.6 is 23.4 Å². The molecule has 1 aliphatic carbocycles. The second-order valence-electron chi connectivity index (χ2n) is 9.00. The monoisotopic (exact) mass is 542 g/mol. The summed E-state index contributed by atoms with van der Waals surface area (Å²) < 4.78 is 1.92. The zero-order valence-electron chi connectivity index (χ0n) is 20.1. The Bertz CT molecular complexity index is 1640. The molecule has 1 fully saturated rings. The zero-order chi connectivity index (χ0) is 26.1. The number of thioether (sulfide) groups is 1. The molecule has 0 radical (unpaired) electrons. The molecule has 0 aliphatic heterocycles. The number of fused-ring (bicyclic) bond motifs is 1. The summed E-state index contributed by atoms with van der Waals surface area (Å²) in [5.41, 5.74) is 3.64. The van der Waals surface area contributed by atoms with E-state index < -0.39 is 0 Å². The molecule has 2 aromatic heterocycles. The van der Waals surface area contributed by atoms with E-state index in [1.807, 2.05) is 47.2 Å². The van der Waals surface area contributed by atoms with Crippen molar-refractivity contribution < 1.29 is 9.59 Å². The van der Waals surface area contributed by atoms with Crippen LogP contribution in [0.15, 0.2) is 84.1 Å². The standard InChI is InChI=1S/C28H23ClN6O2S/c29-17-9-13-19(14-10-17)35-26(22-15-30-23-7-3-1-5-20(22)23)33-34-28(35)38-16-25(36)32-24-8-4-2-6-21(24)27(37)31-18-11-12-18/h1-10,13-15,18,30H,11-12,16H2,(H,31,37)(H,32,36). The lowest BCUT2D eigenvalue weighted by molar-refractivity contribution is -0.113. The highest BCUT2D eigenvalue weighted by molar-refractivity contribution is 7.99. The molecule has 2 amide bonds. The zero-order valence-corrected chi connectivity index (χ0v) is 21.7. The quantitative estimate of drug-likeness (QED) is 0.218. The molecule has 38 heavy (non-hydrogen) atoms. The van der Waals surface area contributed by atoms with Gasteiger partial charge >= 0.3 is 0 Å². The second-order valence-corrected chi connectivity index (χ2v) is 10.4. The van der Waals surface area contributed by atoms with E-state index in [1.165, 1.54) is 11.8 Å². The van der Waals surface area contributed by atoms with Crippen LogP contribution in [0.3, 0.4) is 0 Å². The Hall–Kier alpha value is -4.08. The molecular formula is C28H23ClN6O2S. The van der Waals surface area contributed by atoms with Gasteiger partial charge in [0.25, 0.3) is 5.91 Å². The topological polar surface area (TPSA) is 105 Å². The minimum atomic E-state index is -0.249. The number of aromatic amines is 1. The Labute approximate surface area is 227 Å². The Balaban J connectivity index is 1.26. The van der Waals surface area contributed by atoms with Gasteiger partial charge in [-0.05, 0) is 55.3 Å². The number of nitrogens with one attached hydrogen (secondary N) is 3. The number of hydrogen-bond donors (Lipinski definition) is 3. The van der Waals surface area contributed by atoms with Gasteiger partial charge in [0.05, 0.1) is 17.0 Å². The number of halogens is 1. The smallest absolute Gasteiger partial charge is 0.253 e. The Morgan fingerprint density at radius 3 is 2.58 bits per heavy atom. The van der Waals surface area contributed by atoms with E-state index in [0.717, 1.165) is 35.0 Å². The molecule has 0 spiro atoms. The van der Waals surface area contributed by atoms with Gasteiger partial charge in [-0.2, -0.15) is 0 Å². The number of hydrogen-bond acceptors (Lipinski definition) is 5. The van der Waals surface area contributed by atoms with Crippen LogP contribution in [-0.4, -0.2) is 43.4 Å².